The maximum Gasteiger partial charge on any atom is 0.357 e. The lowest BCUT2D eigenvalue weighted by molar-refractivity contribution is 0.0593. The number of hydrogen-bond acceptors (Lipinski definition) is 4. The van der Waals surface area contributed by atoms with Crippen molar-refractivity contribution in [3.8, 4) is 11.8 Å². The number of benzene rings is 1. The second-order valence-electron chi connectivity index (χ2n) is 4.21. The molecule has 6 heteroatoms. The molecule has 1 aromatic carbocycles. The number of carbonyl (C=O) groups is 1. The summed E-state index contributed by atoms with van der Waals surface area (Å²) in [5.74, 6) is -0.600. The number of nitrogens with zero attached hydrogens (tertiary/aromatic N) is 2. The van der Waals surface area contributed by atoms with Crippen LogP contribution in [0, 0.1) is 18.3 Å². The quantitative estimate of drug-likeness (QED) is 0.862. The molecule has 0 amide bonds. The van der Waals surface area contributed by atoms with E-state index < -0.39 is 5.97 Å². The standard InChI is InChI=1S/C14H12ClN3O2/c1-8-5-10(3-4-11(8)15)18-7-9(6-16)12(17)13(18)14(19)20-2/h3-5,7H,17H2,1-2H3. The minimum absolute atomic E-state index is 0.104. The third-order valence-electron chi connectivity index (χ3n) is 2.96. The molecule has 0 unspecified atom stereocenters. The van der Waals surface area contributed by atoms with Gasteiger partial charge in [-0.3, -0.25) is 0 Å². The van der Waals surface area contributed by atoms with Crippen LogP contribution in [0.1, 0.15) is 21.6 Å². The molecule has 0 aliphatic heterocycles. The van der Waals surface area contributed by atoms with Crippen LogP contribution in [0.3, 0.4) is 0 Å². The van der Waals surface area contributed by atoms with Crippen LogP contribution < -0.4 is 5.73 Å². The number of halogens is 1. The summed E-state index contributed by atoms with van der Waals surface area (Å²) in [4.78, 5) is 11.9. The molecule has 2 rings (SSSR count). The smallest absolute Gasteiger partial charge is 0.357 e. The highest BCUT2D eigenvalue weighted by molar-refractivity contribution is 6.31. The molecule has 0 bridgehead atoms. The molecular weight excluding hydrogens is 278 g/mol. The van der Waals surface area contributed by atoms with Crippen LogP contribution in [0.2, 0.25) is 5.02 Å². The van der Waals surface area contributed by atoms with E-state index in [1.165, 1.54) is 17.9 Å². The van der Waals surface area contributed by atoms with E-state index in [4.69, 9.17) is 27.3 Å². The number of nitrogens with two attached hydrogens (primary N) is 1. The van der Waals surface area contributed by atoms with Crippen molar-refractivity contribution in [2.24, 2.45) is 0 Å². The number of nitriles is 1. The molecule has 2 aromatic rings. The van der Waals surface area contributed by atoms with Crippen molar-refractivity contribution in [2.75, 3.05) is 12.8 Å². The van der Waals surface area contributed by atoms with Gasteiger partial charge in [0.05, 0.1) is 18.4 Å². The highest BCUT2D eigenvalue weighted by atomic mass is 35.5. The van der Waals surface area contributed by atoms with E-state index >= 15 is 0 Å². The summed E-state index contributed by atoms with van der Waals surface area (Å²) in [6.07, 6.45) is 1.50. The molecule has 0 aliphatic carbocycles. The van der Waals surface area contributed by atoms with Gasteiger partial charge >= 0.3 is 5.97 Å². The van der Waals surface area contributed by atoms with Crippen LogP contribution in [-0.4, -0.2) is 17.6 Å². The normalized spacial score (nSPS) is 10.1. The van der Waals surface area contributed by atoms with Crippen LogP contribution in [-0.2, 0) is 4.74 Å². The average Bonchev–Trinajstić information content (AvgIpc) is 2.78. The Labute approximate surface area is 121 Å². The van der Waals surface area contributed by atoms with Gasteiger partial charge in [0, 0.05) is 16.9 Å². The van der Waals surface area contributed by atoms with Gasteiger partial charge in [-0.2, -0.15) is 5.26 Å². The predicted molar refractivity (Wildman–Crippen MR) is 76.0 cm³/mol. The molecule has 1 heterocycles. The SMILES string of the molecule is COC(=O)c1c(N)c(C#N)cn1-c1ccc(Cl)c(C)c1. The van der Waals surface area contributed by atoms with Crippen molar-refractivity contribution in [3.63, 3.8) is 0 Å². The van der Waals surface area contributed by atoms with Crippen molar-refractivity contribution in [2.45, 2.75) is 6.92 Å². The van der Waals surface area contributed by atoms with Crippen LogP contribution >= 0.6 is 11.6 Å². The topological polar surface area (TPSA) is 81.0 Å². The molecule has 2 N–H and O–H groups in total. The summed E-state index contributed by atoms with van der Waals surface area (Å²) in [5.41, 5.74) is 7.81. The number of nitrogen functional groups attached to an aromatic ring is 1. The first-order chi connectivity index (χ1) is 9.49. The van der Waals surface area contributed by atoms with Crippen molar-refractivity contribution in [1.82, 2.24) is 4.57 Å². The molecule has 0 fully saturated rings. The van der Waals surface area contributed by atoms with Crippen molar-refractivity contribution in [1.29, 1.82) is 5.26 Å². The Morgan fingerprint density at radius 3 is 2.75 bits per heavy atom. The Bertz CT molecular complexity index is 729. The Hall–Kier alpha value is -2.45. The molecule has 5 nitrogen and oxygen atoms in total. The van der Waals surface area contributed by atoms with Crippen molar-refractivity contribution < 1.29 is 9.53 Å². The van der Waals surface area contributed by atoms with Gasteiger partial charge < -0.3 is 15.0 Å². The lowest BCUT2D eigenvalue weighted by Gasteiger charge is -2.09. The van der Waals surface area contributed by atoms with Gasteiger partial charge in [0.2, 0.25) is 0 Å². The summed E-state index contributed by atoms with van der Waals surface area (Å²) in [5, 5.41) is 9.66. The van der Waals surface area contributed by atoms with E-state index in [1.807, 2.05) is 13.0 Å². The number of aromatic nitrogens is 1. The van der Waals surface area contributed by atoms with E-state index in [0.29, 0.717) is 10.7 Å². The minimum atomic E-state index is -0.600. The fourth-order valence-electron chi connectivity index (χ4n) is 1.90. The summed E-state index contributed by atoms with van der Waals surface area (Å²) in [6, 6.07) is 7.21. The third-order valence-corrected chi connectivity index (χ3v) is 3.39. The number of methoxy groups -OCH3 is 1. The predicted octanol–water partition coefficient (Wildman–Crippen LogP) is 2.68. The number of hydrogen-bond donors (Lipinski definition) is 1. The monoisotopic (exact) mass is 289 g/mol. The zero-order valence-corrected chi connectivity index (χ0v) is 11.7. The molecule has 0 saturated carbocycles. The molecule has 0 radical (unpaired) electrons. The Balaban J connectivity index is 2.70. The second-order valence-corrected chi connectivity index (χ2v) is 4.62. The van der Waals surface area contributed by atoms with E-state index in [9.17, 15) is 4.79 Å². The van der Waals surface area contributed by atoms with E-state index in [1.54, 1.807) is 18.2 Å². The molecule has 20 heavy (non-hydrogen) atoms. The fraction of sp³-hybridized carbons (Fsp3) is 0.143. The second kappa shape index (κ2) is 5.27. The maximum absolute atomic E-state index is 11.9. The summed E-state index contributed by atoms with van der Waals surface area (Å²) < 4.78 is 6.25. The van der Waals surface area contributed by atoms with Crippen molar-refractivity contribution >= 4 is 23.3 Å². The lowest BCUT2D eigenvalue weighted by Crippen LogP contribution is -2.11. The van der Waals surface area contributed by atoms with Crippen LogP contribution in [0.5, 0.6) is 0 Å². The number of aryl methyl sites for hydroxylation is 1. The fourth-order valence-corrected chi connectivity index (χ4v) is 2.01. The van der Waals surface area contributed by atoms with E-state index in [-0.39, 0.29) is 16.9 Å². The van der Waals surface area contributed by atoms with Gasteiger partial charge in [0.1, 0.15) is 6.07 Å². The van der Waals surface area contributed by atoms with Gasteiger partial charge in [-0.15, -0.1) is 0 Å². The highest BCUT2D eigenvalue weighted by Crippen LogP contribution is 2.26. The van der Waals surface area contributed by atoms with Crippen molar-refractivity contribution in [3.05, 3.63) is 46.2 Å². The van der Waals surface area contributed by atoms with Gasteiger partial charge in [0.15, 0.2) is 5.69 Å². The number of ether oxygens (including phenoxy) is 1. The third kappa shape index (κ3) is 2.22. The largest absolute Gasteiger partial charge is 0.464 e. The Morgan fingerprint density at radius 2 is 2.20 bits per heavy atom. The summed E-state index contributed by atoms with van der Waals surface area (Å²) >= 11 is 5.98. The van der Waals surface area contributed by atoms with Gasteiger partial charge in [0.25, 0.3) is 0 Å². The molecule has 0 spiro atoms. The number of esters is 1. The number of rotatable bonds is 2. The van der Waals surface area contributed by atoms with Crippen LogP contribution in [0.4, 0.5) is 5.69 Å². The highest BCUT2D eigenvalue weighted by Gasteiger charge is 2.21. The summed E-state index contributed by atoms with van der Waals surface area (Å²) in [7, 11) is 1.26. The molecule has 0 atom stereocenters. The first-order valence-corrected chi connectivity index (χ1v) is 6.13. The van der Waals surface area contributed by atoms with E-state index in [2.05, 4.69) is 0 Å². The first-order valence-electron chi connectivity index (χ1n) is 5.75. The zero-order valence-electron chi connectivity index (χ0n) is 11.0. The van der Waals surface area contributed by atoms with Gasteiger partial charge in [-0.25, -0.2) is 4.79 Å². The molecule has 0 aliphatic rings. The van der Waals surface area contributed by atoms with Crippen LogP contribution in [0.15, 0.2) is 24.4 Å². The molecular formula is C14H12ClN3O2. The number of carbonyl (C=O) groups excluding carboxylic acids is 1. The zero-order chi connectivity index (χ0) is 14.9. The van der Waals surface area contributed by atoms with Gasteiger partial charge in [-0.05, 0) is 30.7 Å². The van der Waals surface area contributed by atoms with Crippen LogP contribution in [0.25, 0.3) is 5.69 Å². The molecule has 1 aromatic heterocycles. The average molecular weight is 290 g/mol. The first kappa shape index (κ1) is 14.0. The molecule has 102 valence electrons. The Morgan fingerprint density at radius 1 is 1.50 bits per heavy atom. The maximum atomic E-state index is 11.9. The van der Waals surface area contributed by atoms with E-state index in [0.717, 1.165) is 5.56 Å². The number of anilines is 1. The molecule has 0 saturated heterocycles. The van der Waals surface area contributed by atoms with Gasteiger partial charge in [-0.1, -0.05) is 11.6 Å². The lowest BCUT2D eigenvalue weighted by atomic mass is 10.2. The minimum Gasteiger partial charge on any atom is -0.464 e. The summed E-state index contributed by atoms with van der Waals surface area (Å²) in [6.45, 7) is 1.85. The Kier molecular flexibility index (Phi) is 3.68.